The van der Waals surface area contributed by atoms with Gasteiger partial charge in [0, 0.05) is 30.4 Å². The molecule has 1 aromatic heterocycles. The lowest BCUT2D eigenvalue weighted by atomic mass is 10.1. The number of halogens is 1. The fraction of sp³-hybridized carbons (Fsp3) is 0.136. The van der Waals surface area contributed by atoms with Gasteiger partial charge in [-0.15, -0.1) is 0 Å². The molecule has 31 heavy (non-hydrogen) atoms. The van der Waals surface area contributed by atoms with Gasteiger partial charge in [-0.2, -0.15) is 20.1 Å². The lowest BCUT2D eigenvalue weighted by Gasteiger charge is -2.11. The first-order valence-electron chi connectivity index (χ1n) is 9.22. The Bertz CT molecular complexity index is 1240. The van der Waals surface area contributed by atoms with Crippen LogP contribution in [0.15, 0.2) is 58.4 Å². The van der Waals surface area contributed by atoms with Crippen molar-refractivity contribution in [1.29, 1.82) is 5.26 Å². The quantitative estimate of drug-likeness (QED) is 0.491. The summed E-state index contributed by atoms with van der Waals surface area (Å²) >= 11 is 5.89. The van der Waals surface area contributed by atoms with Crippen molar-refractivity contribution in [1.82, 2.24) is 15.2 Å². The molecule has 9 heteroatoms. The Balaban J connectivity index is 1.89. The number of amides is 1. The molecule has 2 aromatic carbocycles. The van der Waals surface area contributed by atoms with Crippen molar-refractivity contribution in [2.45, 2.75) is 6.92 Å². The van der Waals surface area contributed by atoms with E-state index in [1.807, 2.05) is 49.3 Å². The highest BCUT2D eigenvalue weighted by molar-refractivity contribution is 6.30. The van der Waals surface area contributed by atoms with Crippen LogP contribution in [0.2, 0.25) is 5.02 Å². The number of hydrogen-bond donors (Lipinski definition) is 1. The number of nitriles is 1. The van der Waals surface area contributed by atoms with Crippen LogP contribution in [0.25, 0.3) is 5.69 Å². The molecule has 1 N–H and O–H groups in total. The van der Waals surface area contributed by atoms with Gasteiger partial charge in [-0.05, 0) is 48.9 Å². The van der Waals surface area contributed by atoms with Crippen LogP contribution in [0.5, 0.6) is 0 Å². The minimum absolute atomic E-state index is 0.0776. The molecule has 0 aliphatic carbocycles. The van der Waals surface area contributed by atoms with Crippen molar-refractivity contribution in [2.75, 3.05) is 19.0 Å². The third-order valence-electron chi connectivity index (χ3n) is 4.52. The lowest BCUT2D eigenvalue weighted by molar-refractivity contribution is 0.0947. The second-order valence-corrected chi connectivity index (χ2v) is 7.28. The van der Waals surface area contributed by atoms with E-state index < -0.39 is 11.5 Å². The number of aromatic nitrogens is 2. The minimum Gasteiger partial charge on any atom is -0.378 e. The SMILES string of the molecule is Cc1c(C(=O)N/N=C/c2ccc(N(C)C)cc2)nn(-c2ccc(Cl)cc2)c(=O)c1C#N. The van der Waals surface area contributed by atoms with Crippen molar-refractivity contribution in [2.24, 2.45) is 5.10 Å². The third-order valence-corrected chi connectivity index (χ3v) is 4.78. The molecule has 1 heterocycles. The monoisotopic (exact) mass is 434 g/mol. The van der Waals surface area contributed by atoms with E-state index in [9.17, 15) is 14.9 Å². The maximum absolute atomic E-state index is 12.7. The zero-order valence-corrected chi connectivity index (χ0v) is 17.9. The van der Waals surface area contributed by atoms with E-state index in [2.05, 4.69) is 15.6 Å². The van der Waals surface area contributed by atoms with Gasteiger partial charge in [-0.25, -0.2) is 5.43 Å². The highest BCUT2D eigenvalue weighted by atomic mass is 35.5. The molecule has 0 unspecified atom stereocenters. The summed E-state index contributed by atoms with van der Waals surface area (Å²) in [7, 11) is 3.88. The Labute approximate surface area is 184 Å². The first-order valence-corrected chi connectivity index (χ1v) is 9.60. The van der Waals surface area contributed by atoms with Crippen LogP contribution in [-0.4, -0.2) is 36.0 Å². The van der Waals surface area contributed by atoms with Crippen LogP contribution >= 0.6 is 11.6 Å². The highest BCUT2D eigenvalue weighted by Crippen LogP contribution is 2.14. The number of nitrogens with zero attached hydrogens (tertiary/aromatic N) is 5. The molecule has 8 nitrogen and oxygen atoms in total. The molecule has 0 saturated heterocycles. The summed E-state index contributed by atoms with van der Waals surface area (Å²) < 4.78 is 1.00. The van der Waals surface area contributed by atoms with Gasteiger partial charge in [0.15, 0.2) is 5.69 Å². The molecule has 0 fully saturated rings. The van der Waals surface area contributed by atoms with Crippen LogP contribution in [0, 0.1) is 18.3 Å². The molecule has 0 aliphatic rings. The largest absolute Gasteiger partial charge is 0.378 e. The number of hydrazone groups is 1. The zero-order chi connectivity index (χ0) is 22.5. The van der Waals surface area contributed by atoms with Gasteiger partial charge < -0.3 is 4.90 Å². The Morgan fingerprint density at radius 3 is 2.42 bits per heavy atom. The molecule has 1 amide bonds. The van der Waals surface area contributed by atoms with E-state index in [1.165, 1.54) is 13.1 Å². The highest BCUT2D eigenvalue weighted by Gasteiger charge is 2.20. The van der Waals surface area contributed by atoms with E-state index in [4.69, 9.17) is 11.6 Å². The summed E-state index contributed by atoms with van der Waals surface area (Å²) in [5.74, 6) is -0.641. The average molecular weight is 435 g/mol. The van der Waals surface area contributed by atoms with E-state index in [0.717, 1.165) is 15.9 Å². The maximum Gasteiger partial charge on any atom is 0.292 e. The average Bonchev–Trinajstić information content (AvgIpc) is 2.75. The van der Waals surface area contributed by atoms with Gasteiger partial charge in [0.1, 0.15) is 11.6 Å². The number of rotatable bonds is 5. The van der Waals surface area contributed by atoms with Gasteiger partial charge in [-0.3, -0.25) is 9.59 Å². The molecular formula is C22H19ClN6O2. The van der Waals surface area contributed by atoms with Crippen LogP contribution in [-0.2, 0) is 0 Å². The first-order chi connectivity index (χ1) is 14.8. The van der Waals surface area contributed by atoms with Crippen molar-refractivity contribution >= 4 is 29.4 Å². The lowest BCUT2D eigenvalue weighted by Crippen LogP contribution is -2.31. The molecule has 0 atom stereocenters. The molecule has 0 aliphatic heterocycles. The summed E-state index contributed by atoms with van der Waals surface area (Å²) in [6.45, 7) is 1.50. The van der Waals surface area contributed by atoms with Crippen molar-refractivity contribution in [3.8, 4) is 11.8 Å². The van der Waals surface area contributed by atoms with E-state index in [1.54, 1.807) is 24.3 Å². The fourth-order valence-corrected chi connectivity index (χ4v) is 2.91. The van der Waals surface area contributed by atoms with Crippen molar-refractivity contribution in [3.05, 3.63) is 86.3 Å². The molecule has 156 valence electrons. The Morgan fingerprint density at radius 2 is 1.84 bits per heavy atom. The second-order valence-electron chi connectivity index (χ2n) is 6.84. The molecule has 0 radical (unpaired) electrons. The van der Waals surface area contributed by atoms with Gasteiger partial charge in [0.05, 0.1) is 11.9 Å². The van der Waals surface area contributed by atoms with Gasteiger partial charge >= 0.3 is 0 Å². The molecule has 0 saturated carbocycles. The van der Waals surface area contributed by atoms with Gasteiger partial charge in [0.2, 0.25) is 0 Å². The topological polar surface area (TPSA) is 103 Å². The molecule has 3 aromatic rings. The molecule has 0 bridgehead atoms. The van der Waals surface area contributed by atoms with Crippen LogP contribution in [0.4, 0.5) is 5.69 Å². The molecular weight excluding hydrogens is 416 g/mol. The number of carbonyl (C=O) groups excluding carboxylic acids is 1. The Morgan fingerprint density at radius 1 is 1.19 bits per heavy atom. The maximum atomic E-state index is 12.7. The number of carbonyl (C=O) groups is 1. The summed E-state index contributed by atoms with van der Waals surface area (Å²) in [5.41, 5.74) is 3.92. The van der Waals surface area contributed by atoms with Gasteiger partial charge in [-0.1, -0.05) is 23.7 Å². The zero-order valence-electron chi connectivity index (χ0n) is 17.1. The summed E-state index contributed by atoms with van der Waals surface area (Å²) in [5, 5.41) is 18.0. The fourth-order valence-electron chi connectivity index (χ4n) is 2.79. The molecule has 0 spiro atoms. The normalized spacial score (nSPS) is 10.7. The second kappa shape index (κ2) is 9.24. The Kier molecular flexibility index (Phi) is 6.48. The number of benzene rings is 2. The first kappa shape index (κ1) is 21.7. The van der Waals surface area contributed by atoms with E-state index >= 15 is 0 Å². The summed E-state index contributed by atoms with van der Waals surface area (Å²) in [4.78, 5) is 27.3. The van der Waals surface area contributed by atoms with Crippen LogP contribution < -0.4 is 15.9 Å². The van der Waals surface area contributed by atoms with Crippen molar-refractivity contribution in [3.63, 3.8) is 0 Å². The van der Waals surface area contributed by atoms with Gasteiger partial charge in [0.25, 0.3) is 11.5 Å². The standard InChI is InChI=1S/C22H19ClN6O2/c1-14-19(12-24)22(31)29(18-10-6-16(23)7-11-18)27-20(14)21(30)26-25-13-15-4-8-17(9-5-15)28(2)3/h4-11,13H,1-3H3,(H,26,30)/b25-13+. The predicted octanol–water partition coefficient (Wildman–Crippen LogP) is 2.90. The number of hydrogen-bond acceptors (Lipinski definition) is 6. The minimum atomic E-state index is -0.641. The Hall–Kier alpha value is -3.96. The van der Waals surface area contributed by atoms with Crippen LogP contribution in [0.1, 0.15) is 27.2 Å². The van der Waals surface area contributed by atoms with E-state index in [-0.39, 0.29) is 16.8 Å². The predicted molar refractivity (Wildman–Crippen MR) is 120 cm³/mol. The molecule has 3 rings (SSSR count). The summed E-state index contributed by atoms with van der Waals surface area (Å²) in [6, 6.07) is 15.8. The summed E-state index contributed by atoms with van der Waals surface area (Å²) in [6.07, 6.45) is 1.49. The van der Waals surface area contributed by atoms with Crippen molar-refractivity contribution < 1.29 is 4.79 Å². The number of anilines is 1. The van der Waals surface area contributed by atoms with Crippen LogP contribution in [0.3, 0.4) is 0 Å². The number of nitrogens with one attached hydrogen (secondary N) is 1. The van der Waals surface area contributed by atoms with E-state index in [0.29, 0.717) is 10.7 Å². The smallest absolute Gasteiger partial charge is 0.292 e. The third kappa shape index (κ3) is 4.79.